The van der Waals surface area contributed by atoms with Gasteiger partial charge >= 0.3 is 0 Å². The van der Waals surface area contributed by atoms with E-state index in [0.717, 1.165) is 22.2 Å². The third kappa shape index (κ3) is 4.73. The van der Waals surface area contributed by atoms with Crippen LogP contribution >= 0.6 is 0 Å². The van der Waals surface area contributed by atoms with Gasteiger partial charge in [0.2, 0.25) is 0 Å². The summed E-state index contributed by atoms with van der Waals surface area (Å²) in [4.78, 5) is 7.04. The van der Waals surface area contributed by atoms with Gasteiger partial charge < -0.3 is 21.3 Å². The minimum absolute atomic E-state index is 0. The molecule has 19 heavy (non-hydrogen) atoms. The Morgan fingerprint density at radius 2 is 1.84 bits per heavy atom. The van der Waals surface area contributed by atoms with Crippen molar-refractivity contribution < 1.29 is 23.6 Å². The maximum absolute atomic E-state index is 9.52. The molecule has 0 aliphatic heterocycles. The van der Waals surface area contributed by atoms with Crippen molar-refractivity contribution in [1.82, 2.24) is 9.97 Å². The van der Waals surface area contributed by atoms with Gasteiger partial charge in [-0.15, -0.1) is 0 Å². The first-order chi connectivity index (χ1) is 8.09. The molecule has 0 radical (unpaired) electrons. The Morgan fingerprint density at radius 1 is 1.37 bits per heavy atom. The number of rotatable bonds is 0. The van der Waals surface area contributed by atoms with Crippen LogP contribution in [-0.2, 0) is 10.1 Å². The molecule has 108 valence electrons. The number of hydrogen-bond donors (Lipinski definition) is 4. The molecule has 0 saturated heterocycles. The molecule has 2 rings (SSSR count). The second kappa shape index (κ2) is 5.87. The van der Waals surface area contributed by atoms with Gasteiger partial charge in [-0.3, -0.25) is 4.55 Å². The zero-order chi connectivity index (χ0) is 14.1. The van der Waals surface area contributed by atoms with Gasteiger partial charge in [0.1, 0.15) is 5.75 Å². The standard InChI is InChI=1S/C9H11N3O.CH4O3S.H2O/c1-4-3-6(13)5(2)8-7(4)11-9(10)12-8;1-5(2,3)4;/h3,13H,1-2H3,(H3,10,11,12);1H3,(H,2,3,4);1H2. The van der Waals surface area contributed by atoms with Crippen LogP contribution < -0.4 is 5.73 Å². The number of anilines is 1. The number of phenolic OH excluding ortho intramolecular Hbond substituents is 1. The van der Waals surface area contributed by atoms with Crippen LogP contribution in [0.5, 0.6) is 5.75 Å². The molecule has 0 fully saturated rings. The molecule has 1 heterocycles. The molecule has 0 bridgehead atoms. The van der Waals surface area contributed by atoms with Gasteiger partial charge in [-0.2, -0.15) is 8.42 Å². The number of H-pyrrole nitrogens is 1. The molecule has 0 saturated carbocycles. The fourth-order valence-corrected chi connectivity index (χ4v) is 1.46. The average Bonchev–Trinajstić information content (AvgIpc) is 2.55. The Hall–Kier alpha value is -1.84. The first kappa shape index (κ1) is 17.2. The van der Waals surface area contributed by atoms with E-state index in [4.69, 9.17) is 10.3 Å². The Bertz CT molecular complexity index is 670. The van der Waals surface area contributed by atoms with E-state index < -0.39 is 10.1 Å². The lowest BCUT2D eigenvalue weighted by Gasteiger charge is -2.01. The maximum atomic E-state index is 9.52. The van der Waals surface area contributed by atoms with Crippen molar-refractivity contribution in [2.75, 3.05) is 12.0 Å². The number of aromatic nitrogens is 2. The predicted molar refractivity (Wildman–Crippen MR) is 72.7 cm³/mol. The summed E-state index contributed by atoms with van der Waals surface area (Å²) >= 11 is 0. The summed E-state index contributed by atoms with van der Waals surface area (Å²) in [7, 11) is -3.67. The normalized spacial score (nSPS) is 10.5. The highest BCUT2D eigenvalue weighted by molar-refractivity contribution is 7.85. The Labute approximate surface area is 110 Å². The second-order valence-corrected chi connectivity index (χ2v) is 5.38. The number of phenols is 1. The average molecular weight is 291 g/mol. The van der Waals surface area contributed by atoms with Crippen LogP contribution in [0.1, 0.15) is 11.1 Å². The largest absolute Gasteiger partial charge is 0.508 e. The summed E-state index contributed by atoms with van der Waals surface area (Å²) in [6, 6.07) is 1.69. The van der Waals surface area contributed by atoms with Gasteiger partial charge in [0, 0.05) is 5.56 Å². The summed E-state index contributed by atoms with van der Waals surface area (Å²) in [5, 5.41) is 9.52. The maximum Gasteiger partial charge on any atom is 0.261 e. The van der Waals surface area contributed by atoms with E-state index in [1.807, 2.05) is 13.8 Å². The number of imidazole rings is 1. The monoisotopic (exact) mass is 291 g/mol. The van der Waals surface area contributed by atoms with Crippen LogP contribution in [0.2, 0.25) is 0 Å². The Kier molecular flexibility index (Phi) is 5.30. The summed E-state index contributed by atoms with van der Waals surface area (Å²) in [6.07, 6.45) is 0.715. The molecular weight excluding hydrogens is 274 g/mol. The summed E-state index contributed by atoms with van der Waals surface area (Å²) in [5.74, 6) is 0.653. The molecule has 2 aromatic rings. The number of benzene rings is 1. The highest BCUT2D eigenvalue weighted by Crippen LogP contribution is 2.28. The molecule has 0 aliphatic carbocycles. The molecule has 0 spiro atoms. The molecule has 7 N–H and O–H groups in total. The summed E-state index contributed by atoms with van der Waals surface area (Å²) in [6.45, 7) is 3.72. The number of fused-ring (bicyclic) bond motifs is 1. The van der Waals surface area contributed by atoms with Crippen molar-refractivity contribution in [3.05, 3.63) is 17.2 Å². The van der Waals surface area contributed by atoms with E-state index in [1.54, 1.807) is 6.07 Å². The lowest BCUT2D eigenvalue weighted by atomic mass is 10.1. The lowest BCUT2D eigenvalue weighted by Crippen LogP contribution is -1.88. The number of aromatic hydroxyl groups is 1. The number of nitrogens with one attached hydrogen (secondary N) is 1. The zero-order valence-corrected chi connectivity index (χ0v) is 11.5. The van der Waals surface area contributed by atoms with Gasteiger partial charge in [-0.25, -0.2) is 4.98 Å². The number of nitrogen functional groups attached to an aromatic ring is 1. The van der Waals surface area contributed by atoms with E-state index >= 15 is 0 Å². The fraction of sp³-hybridized carbons (Fsp3) is 0.300. The Morgan fingerprint density at radius 3 is 2.32 bits per heavy atom. The third-order valence-electron chi connectivity index (χ3n) is 2.21. The molecule has 1 aromatic heterocycles. The number of nitrogens with two attached hydrogens (primary N) is 1. The highest BCUT2D eigenvalue weighted by Gasteiger charge is 2.09. The van der Waals surface area contributed by atoms with Crippen molar-refractivity contribution >= 4 is 27.1 Å². The van der Waals surface area contributed by atoms with Crippen molar-refractivity contribution in [1.29, 1.82) is 0 Å². The smallest absolute Gasteiger partial charge is 0.261 e. The fourth-order valence-electron chi connectivity index (χ4n) is 1.46. The lowest BCUT2D eigenvalue weighted by molar-refractivity contribution is 0.471. The van der Waals surface area contributed by atoms with Crippen molar-refractivity contribution in [3.63, 3.8) is 0 Å². The van der Waals surface area contributed by atoms with E-state index in [0.29, 0.717) is 12.2 Å². The minimum Gasteiger partial charge on any atom is -0.508 e. The van der Waals surface area contributed by atoms with Gasteiger partial charge in [-0.05, 0) is 25.5 Å². The van der Waals surface area contributed by atoms with E-state index in [9.17, 15) is 13.5 Å². The number of aryl methyl sites for hydroxylation is 2. The molecule has 1 aromatic carbocycles. The Balaban J connectivity index is 0.000000471. The zero-order valence-electron chi connectivity index (χ0n) is 10.7. The number of nitrogens with zero attached hydrogens (tertiary/aromatic N) is 1. The van der Waals surface area contributed by atoms with Crippen LogP contribution in [-0.4, -0.2) is 39.8 Å². The van der Waals surface area contributed by atoms with Crippen molar-refractivity contribution in [2.45, 2.75) is 13.8 Å². The van der Waals surface area contributed by atoms with Crippen LogP contribution in [0, 0.1) is 13.8 Å². The minimum atomic E-state index is -3.67. The van der Waals surface area contributed by atoms with Crippen LogP contribution in [0.4, 0.5) is 5.95 Å². The number of hydrogen-bond acceptors (Lipinski definition) is 5. The third-order valence-corrected chi connectivity index (χ3v) is 2.21. The highest BCUT2D eigenvalue weighted by atomic mass is 32.2. The van der Waals surface area contributed by atoms with E-state index in [1.165, 1.54) is 0 Å². The predicted octanol–water partition coefficient (Wildman–Crippen LogP) is 0.147. The SMILES string of the molecule is CS(=O)(=O)O.Cc1cc(O)c(C)c2[nH]c(N)nc12.O. The van der Waals surface area contributed by atoms with Crippen LogP contribution in [0.15, 0.2) is 6.07 Å². The van der Waals surface area contributed by atoms with E-state index in [2.05, 4.69) is 9.97 Å². The van der Waals surface area contributed by atoms with E-state index in [-0.39, 0.29) is 11.2 Å². The first-order valence-corrected chi connectivity index (χ1v) is 6.81. The molecule has 8 nitrogen and oxygen atoms in total. The second-order valence-electron chi connectivity index (χ2n) is 3.92. The number of aromatic amines is 1. The van der Waals surface area contributed by atoms with Gasteiger partial charge in [-0.1, -0.05) is 0 Å². The van der Waals surface area contributed by atoms with Gasteiger partial charge in [0.05, 0.1) is 17.3 Å². The van der Waals surface area contributed by atoms with Crippen LogP contribution in [0.3, 0.4) is 0 Å². The molecule has 0 aliphatic rings. The molecule has 0 amide bonds. The molecule has 0 unspecified atom stereocenters. The first-order valence-electron chi connectivity index (χ1n) is 4.96. The topological polar surface area (TPSA) is 161 Å². The van der Waals surface area contributed by atoms with Crippen LogP contribution in [0.25, 0.3) is 11.0 Å². The van der Waals surface area contributed by atoms with Crippen molar-refractivity contribution in [2.24, 2.45) is 0 Å². The summed E-state index contributed by atoms with van der Waals surface area (Å²) < 4.78 is 25.9. The summed E-state index contributed by atoms with van der Waals surface area (Å²) in [5.41, 5.74) is 8.88. The quantitative estimate of drug-likeness (QED) is 0.505. The van der Waals surface area contributed by atoms with Gasteiger partial charge in [0.15, 0.2) is 5.95 Å². The molecule has 9 heteroatoms. The van der Waals surface area contributed by atoms with Gasteiger partial charge in [0.25, 0.3) is 10.1 Å². The van der Waals surface area contributed by atoms with Crippen molar-refractivity contribution in [3.8, 4) is 5.75 Å². The molecular formula is C10H17N3O5S. The molecule has 0 atom stereocenters.